The molecule has 0 radical (unpaired) electrons. The lowest BCUT2D eigenvalue weighted by Crippen LogP contribution is -2.28. The number of likely N-dealkylation sites (N-methyl/N-ethyl adjacent to an activating group) is 1. The van der Waals surface area contributed by atoms with Gasteiger partial charge in [-0.3, -0.25) is 13.9 Å². The molecule has 0 saturated carbocycles. The molecule has 6 nitrogen and oxygen atoms in total. The molecule has 280 valence electrons. The van der Waals surface area contributed by atoms with E-state index >= 15 is 0 Å². The van der Waals surface area contributed by atoms with Crippen molar-refractivity contribution in [2.75, 3.05) is 18.0 Å². The van der Waals surface area contributed by atoms with Crippen LogP contribution in [-0.2, 0) is 24.9 Å². The van der Waals surface area contributed by atoms with E-state index in [9.17, 15) is 9.90 Å². The van der Waals surface area contributed by atoms with Gasteiger partial charge in [0.15, 0.2) is 10.5 Å². The maximum atomic E-state index is 14.2. The molecule has 1 aromatic heterocycles. The van der Waals surface area contributed by atoms with Crippen LogP contribution in [0.25, 0.3) is 27.1 Å². The number of fused-ring (bicyclic) bond motifs is 4. The Morgan fingerprint density at radius 3 is 2.05 bits per heavy atom. The van der Waals surface area contributed by atoms with E-state index < -0.39 is 0 Å². The first-order valence-electron chi connectivity index (χ1n) is 19.6. The number of anilines is 1. The molecule has 8 rings (SSSR count). The molecule has 0 spiro atoms. The minimum Gasteiger partial charge on any atom is -0.494 e. The van der Waals surface area contributed by atoms with Gasteiger partial charge in [-0.2, -0.15) is 4.58 Å². The van der Waals surface area contributed by atoms with Crippen LogP contribution >= 0.6 is 12.2 Å². The summed E-state index contributed by atoms with van der Waals surface area (Å²) in [7, 11) is 3.42. The van der Waals surface area contributed by atoms with Gasteiger partial charge in [-0.15, -0.1) is 0 Å². The highest BCUT2D eigenvalue weighted by Crippen LogP contribution is 2.50. The average Bonchev–Trinajstić information content (AvgIpc) is 3.52. The number of nitrogens with zero attached hydrogens (tertiary/aromatic N) is 4. The fourth-order valence-corrected chi connectivity index (χ4v) is 9.55. The van der Waals surface area contributed by atoms with E-state index in [0.29, 0.717) is 5.56 Å². The van der Waals surface area contributed by atoms with Crippen molar-refractivity contribution >= 4 is 56.4 Å². The van der Waals surface area contributed by atoms with Gasteiger partial charge in [0.1, 0.15) is 12.1 Å². The molecule has 55 heavy (non-hydrogen) atoms. The second-order valence-corrected chi connectivity index (χ2v) is 16.7. The van der Waals surface area contributed by atoms with Crippen molar-refractivity contribution in [2.45, 2.75) is 71.6 Å². The summed E-state index contributed by atoms with van der Waals surface area (Å²) in [6, 6.07) is 26.5. The summed E-state index contributed by atoms with van der Waals surface area (Å²) in [4.78, 5) is 16.6. The molecule has 0 atom stereocenters. The minimum absolute atomic E-state index is 0.104. The lowest BCUT2D eigenvalue weighted by atomic mass is 9.79. The van der Waals surface area contributed by atoms with Gasteiger partial charge in [0.2, 0.25) is 11.6 Å². The lowest BCUT2D eigenvalue weighted by Gasteiger charge is -2.27. The summed E-state index contributed by atoms with van der Waals surface area (Å²) < 4.78 is 5.71. The predicted molar refractivity (Wildman–Crippen MR) is 232 cm³/mol. The van der Waals surface area contributed by atoms with Crippen molar-refractivity contribution < 1.29 is 9.68 Å². The summed E-state index contributed by atoms with van der Waals surface area (Å²) >= 11 is 5.57. The standard InChI is InChI=1S/C48H50N4O2S/c1-9-51-38-28-34-18-13-11-16-32(34)26-36(38)47(3,4)40(51)24-22-30-20-15-21-31(42(30)43-44(53)49(7)46(55)50(8)45(43)54)23-25-41-48(5,6)37-27-33-17-12-14-19-35(33)29-39(37)52(41)10-2/h11-14,16-19,22-29H,9-10,15,20-21H2,1-8H3/p+1/b30-22+,40-24+. The van der Waals surface area contributed by atoms with Crippen molar-refractivity contribution in [1.82, 2.24) is 9.13 Å². The van der Waals surface area contributed by atoms with E-state index in [2.05, 4.69) is 148 Å². The van der Waals surface area contributed by atoms with E-state index in [4.69, 9.17) is 12.2 Å². The van der Waals surface area contributed by atoms with Crippen LogP contribution in [0.15, 0.2) is 119 Å². The molecule has 0 fully saturated rings. The van der Waals surface area contributed by atoms with Gasteiger partial charge in [-0.1, -0.05) is 74.5 Å². The first kappa shape index (κ1) is 36.7. The summed E-state index contributed by atoms with van der Waals surface area (Å²) in [5.74, 6) is -0.104. The van der Waals surface area contributed by atoms with Crippen LogP contribution in [-0.4, -0.2) is 37.6 Å². The summed E-state index contributed by atoms with van der Waals surface area (Å²) in [5, 5.41) is 16.7. The second-order valence-electron chi connectivity index (χ2n) is 16.3. The van der Waals surface area contributed by atoms with Crippen molar-refractivity contribution in [2.24, 2.45) is 14.1 Å². The molecule has 0 unspecified atom stereocenters. The quantitative estimate of drug-likeness (QED) is 0.139. The van der Waals surface area contributed by atoms with Crippen LogP contribution < -0.4 is 10.5 Å². The zero-order valence-electron chi connectivity index (χ0n) is 33.3. The molecule has 2 aliphatic heterocycles. The first-order valence-corrected chi connectivity index (χ1v) is 20.0. The number of rotatable bonds is 6. The fraction of sp³-hybridized carbons (Fsp3) is 0.312. The number of aromatic nitrogens is 2. The van der Waals surface area contributed by atoms with Crippen LogP contribution in [0.1, 0.15) is 77.5 Å². The third-order valence-corrected chi connectivity index (χ3v) is 13.0. The zero-order chi connectivity index (χ0) is 39.0. The monoisotopic (exact) mass is 747 g/mol. The van der Waals surface area contributed by atoms with Gasteiger partial charge in [-0.25, -0.2) is 0 Å². The third-order valence-electron chi connectivity index (χ3n) is 12.5. The SMILES string of the molecule is CCN1/C(=C/C=C2\CCCC(/C=C/C3=[N+](CC)c4cc5ccccc5cc4C3(C)C)=C2c2c(O)n(C)c(=S)n(C)c2=O)C(C)(C)c2cc3ccccc3cc21. The molecule has 4 aromatic carbocycles. The Labute approximate surface area is 329 Å². The summed E-state index contributed by atoms with van der Waals surface area (Å²) in [6.07, 6.45) is 11.4. The zero-order valence-corrected chi connectivity index (χ0v) is 34.1. The fourth-order valence-electron chi connectivity index (χ4n) is 9.38. The van der Waals surface area contributed by atoms with E-state index in [1.807, 2.05) is 0 Å². The topological polar surface area (TPSA) is 53.4 Å². The molecule has 3 aliphatic rings. The number of benzene rings is 4. The smallest absolute Gasteiger partial charge is 0.265 e. The normalized spacial score (nSPS) is 19.2. The number of hydrogen-bond donors (Lipinski definition) is 1. The average molecular weight is 748 g/mol. The maximum absolute atomic E-state index is 14.2. The molecule has 3 heterocycles. The van der Waals surface area contributed by atoms with Gasteiger partial charge in [0, 0.05) is 55.1 Å². The maximum Gasteiger partial charge on any atom is 0.265 e. The van der Waals surface area contributed by atoms with Gasteiger partial charge >= 0.3 is 0 Å². The molecule has 0 amide bonds. The van der Waals surface area contributed by atoms with Crippen molar-refractivity contribution in [3.05, 3.63) is 146 Å². The van der Waals surface area contributed by atoms with E-state index in [0.717, 1.165) is 49.1 Å². The van der Waals surface area contributed by atoms with E-state index in [1.54, 1.807) is 18.7 Å². The van der Waals surface area contributed by atoms with Crippen LogP contribution in [0.4, 0.5) is 11.4 Å². The highest BCUT2D eigenvalue weighted by molar-refractivity contribution is 7.71. The first-order chi connectivity index (χ1) is 26.3. The molecule has 7 heteroatoms. The molecular weight excluding hydrogens is 697 g/mol. The Bertz CT molecular complexity index is 2730. The van der Waals surface area contributed by atoms with Gasteiger partial charge in [0.05, 0.1) is 5.41 Å². The van der Waals surface area contributed by atoms with Crippen LogP contribution in [0.2, 0.25) is 0 Å². The van der Waals surface area contributed by atoms with E-state index in [1.165, 1.54) is 60.0 Å². The Morgan fingerprint density at radius 2 is 1.42 bits per heavy atom. The van der Waals surface area contributed by atoms with Gasteiger partial charge in [-0.05, 0) is 127 Å². The highest BCUT2D eigenvalue weighted by Gasteiger charge is 2.44. The highest BCUT2D eigenvalue weighted by atomic mass is 32.1. The van der Waals surface area contributed by atoms with Crippen molar-refractivity contribution in [1.29, 1.82) is 0 Å². The summed E-state index contributed by atoms with van der Waals surface area (Å²) in [5.41, 5.74) is 9.93. The van der Waals surface area contributed by atoms with Crippen molar-refractivity contribution in [3.8, 4) is 5.88 Å². The molecular formula is C48H51N4O2S+. The molecule has 5 aromatic rings. The second kappa shape index (κ2) is 13.5. The largest absolute Gasteiger partial charge is 0.494 e. The Balaban J connectivity index is 1.31. The molecule has 0 bridgehead atoms. The number of allylic oxidation sites excluding steroid dienone is 8. The Morgan fingerprint density at radius 1 is 0.800 bits per heavy atom. The van der Waals surface area contributed by atoms with Gasteiger partial charge < -0.3 is 10.0 Å². The van der Waals surface area contributed by atoms with Crippen LogP contribution in [0.5, 0.6) is 5.88 Å². The Kier molecular flexibility index (Phi) is 9.00. The minimum atomic E-state index is -0.291. The predicted octanol–water partition coefficient (Wildman–Crippen LogP) is 10.7. The van der Waals surface area contributed by atoms with Crippen LogP contribution in [0, 0.1) is 4.77 Å². The summed E-state index contributed by atoms with van der Waals surface area (Å²) in [6.45, 7) is 15.3. The number of hydrogen-bond acceptors (Lipinski definition) is 4. The van der Waals surface area contributed by atoms with Crippen molar-refractivity contribution in [3.63, 3.8) is 0 Å². The molecule has 1 aliphatic carbocycles. The molecule has 1 N–H and O–H groups in total. The van der Waals surface area contributed by atoms with E-state index in [-0.39, 0.29) is 27.0 Å². The Hall–Kier alpha value is -5.27. The molecule has 0 saturated heterocycles. The number of aromatic hydroxyl groups is 1. The lowest BCUT2D eigenvalue weighted by molar-refractivity contribution is -0.433. The van der Waals surface area contributed by atoms with Gasteiger partial charge in [0.25, 0.3) is 5.56 Å². The van der Waals surface area contributed by atoms with Crippen LogP contribution in [0.3, 0.4) is 0 Å². The third kappa shape index (κ3) is 5.69.